The zero-order chi connectivity index (χ0) is 12.3. The fourth-order valence-corrected chi connectivity index (χ4v) is 2.15. The van der Waals surface area contributed by atoms with E-state index in [0.717, 1.165) is 19.3 Å². The summed E-state index contributed by atoms with van der Waals surface area (Å²) in [4.78, 5) is 13.5. The van der Waals surface area contributed by atoms with E-state index in [4.69, 9.17) is 5.11 Å². The zero-order valence-corrected chi connectivity index (χ0v) is 9.67. The second-order valence-electron chi connectivity index (χ2n) is 4.24. The summed E-state index contributed by atoms with van der Waals surface area (Å²) in [7, 11) is 0. The van der Waals surface area contributed by atoms with Crippen LogP contribution in [0.3, 0.4) is 0 Å². The Morgan fingerprint density at radius 1 is 1.18 bits per heavy atom. The van der Waals surface area contributed by atoms with Gasteiger partial charge in [-0.3, -0.25) is 4.79 Å². The number of amides is 1. The first-order valence-corrected chi connectivity index (χ1v) is 5.94. The van der Waals surface area contributed by atoms with Gasteiger partial charge in [-0.1, -0.05) is 18.2 Å². The topological polar surface area (TPSA) is 60.8 Å². The molecule has 0 saturated heterocycles. The Bertz CT molecular complexity index is 405. The van der Waals surface area contributed by atoms with Gasteiger partial charge in [0.2, 0.25) is 0 Å². The first-order chi connectivity index (χ1) is 8.25. The Kier molecular flexibility index (Phi) is 3.76. The highest BCUT2D eigenvalue weighted by Gasteiger charge is 2.34. The molecule has 17 heavy (non-hydrogen) atoms. The van der Waals surface area contributed by atoms with Crippen LogP contribution >= 0.6 is 0 Å². The fourth-order valence-electron chi connectivity index (χ4n) is 2.15. The van der Waals surface area contributed by atoms with Gasteiger partial charge in [-0.15, -0.1) is 0 Å². The minimum atomic E-state index is -0.812. The molecule has 1 atom stereocenters. The summed E-state index contributed by atoms with van der Waals surface area (Å²) in [6, 6.07) is 7.16. The summed E-state index contributed by atoms with van der Waals surface area (Å²) >= 11 is 0. The lowest BCUT2D eigenvalue weighted by Gasteiger charge is -2.20. The van der Waals surface area contributed by atoms with Gasteiger partial charge in [-0.2, -0.15) is 0 Å². The van der Waals surface area contributed by atoms with Crippen molar-refractivity contribution in [1.29, 1.82) is 0 Å². The number of fused-ring (bicyclic) bond motifs is 1. The SMILES string of the molecule is O=C1c2ccccc2C(O)N1CCCCCO. The highest BCUT2D eigenvalue weighted by molar-refractivity contribution is 5.98. The van der Waals surface area contributed by atoms with E-state index in [1.165, 1.54) is 4.90 Å². The predicted octanol–water partition coefficient (Wildman–Crippen LogP) is 1.30. The highest BCUT2D eigenvalue weighted by atomic mass is 16.3. The Hall–Kier alpha value is -1.39. The van der Waals surface area contributed by atoms with Crippen molar-refractivity contribution in [3.63, 3.8) is 0 Å². The molecule has 0 saturated carbocycles. The van der Waals surface area contributed by atoms with Crippen molar-refractivity contribution < 1.29 is 15.0 Å². The van der Waals surface area contributed by atoms with Crippen LogP contribution in [0.4, 0.5) is 0 Å². The number of aliphatic hydroxyl groups excluding tert-OH is 2. The molecule has 4 nitrogen and oxygen atoms in total. The molecule has 1 aliphatic heterocycles. The molecule has 0 fully saturated rings. The molecule has 1 aromatic carbocycles. The van der Waals surface area contributed by atoms with Crippen LogP contribution in [0.15, 0.2) is 24.3 Å². The predicted molar refractivity (Wildman–Crippen MR) is 63.4 cm³/mol. The molecule has 4 heteroatoms. The van der Waals surface area contributed by atoms with Crippen molar-refractivity contribution >= 4 is 5.91 Å². The molecule has 1 unspecified atom stereocenters. The summed E-state index contributed by atoms with van der Waals surface area (Å²) in [5.74, 6) is -0.0999. The van der Waals surface area contributed by atoms with Crippen molar-refractivity contribution in [2.75, 3.05) is 13.2 Å². The summed E-state index contributed by atoms with van der Waals surface area (Å²) in [6.45, 7) is 0.714. The van der Waals surface area contributed by atoms with Gasteiger partial charge in [0.25, 0.3) is 5.91 Å². The van der Waals surface area contributed by atoms with Gasteiger partial charge in [0, 0.05) is 24.3 Å². The van der Waals surface area contributed by atoms with E-state index in [-0.39, 0.29) is 12.5 Å². The third-order valence-electron chi connectivity index (χ3n) is 3.08. The molecule has 1 aromatic rings. The average molecular weight is 235 g/mol. The molecular formula is C13H17NO3. The van der Waals surface area contributed by atoms with E-state index in [1.807, 2.05) is 6.07 Å². The second-order valence-corrected chi connectivity index (χ2v) is 4.24. The number of rotatable bonds is 5. The third-order valence-corrected chi connectivity index (χ3v) is 3.08. The van der Waals surface area contributed by atoms with Crippen LogP contribution in [-0.2, 0) is 0 Å². The van der Waals surface area contributed by atoms with Gasteiger partial charge in [-0.25, -0.2) is 0 Å². The van der Waals surface area contributed by atoms with Crippen LogP contribution in [0.1, 0.15) is 41.4 Å². The van der Waals surface area contributed by atoms with E-state index in [9.17, 15) is 9.90 Å². The largest absolute Gasteiger partial charge is 0.396 e. The lowest BCUT2D eigenvalue weighted by atomic mass is 10.1. The van der Waals surface area contributed by atoms with Crippen molar-refractivity contribution in [3.05, 3.63) is 35.4 Å². The first-order valence-electron chi connectivity index (χ1n) is 5.94. The van der Waals surface area contributed by atoms with Crippen LogP contribution in [-0.4, -0.2) is 34.2 Å². The normalized spacial score (nSPS) is 18.6. The van der Waals surface area contributed by atoms with Gasteiger partial charge in [-0.05, 0) is 25.3 Å². The number of carbonyl (C=O) groups excluding carboxylic acids is 1. The molecule has 1 amide bonds. The molecule has 0 bridgehead atoms. The monoisotopic (exact) mass is 235 g/mol. The van der Waals surface area contributed by atoms with Crippen LogP contribution in [0.5, 0.6) is 0 Å². The van der Waals surface area contributed by atoms with Gasteiger partial charge in [0.05, 0.1) is 0 Å². The van der Waals surface area contributed by atoms with E-state index in [1.54, 1.807) is 18.2 Å². The lowest BCUT2D eigenvalue weighted by Crippen LogP contribution is -2.29. The van der Waals surface area contributed by atoms with Gasteiger partial charge in [0.1, 0.15) is 0 Å². The molecule has 1 aliphatic rings. The molecule has 1 heterocycles. The quantitative estimate of drug-likeness (QED) is 0.756. The first kappa shape index (κ1) is 12.1. The van der Waals surface area contributed by atoms with E-state index in [0.29, 0.717) is 17.7 Å². The second kappa shape index (κ2) is 5.29. The number of hydrogen-bond donors (Lipinski definition) is 2. The number of nitrogens with zero attached hydrogens (tertiary/aromatic N) is 1. The molecular weight excluding hydrogens is 218 g/mol. The molecule has 0 spiro atoms. The average Bonchev–Trinajstić information content (AvgIpc) is 2.60. The number of carbonyl (C=O) groups is 1. The molecule has 2 N–H and O–H groups in total. The van der Waals surface area contributed by atoms with E-state index < -0.39 is 6.23 Å². The maximum absolute atomic E-state index is 12.0. The highest BCUT2D eigenvalue weighted by Crippen LogP contribution is 2.31. The van der Waals surface area contributed by atoms with E-state index >= 15 is 0 Å². The number of aliphatic hydroxyl groups is 2. The standard InChI is InChI=1S/C13H17NO3/c15-9-5-1-4-8-14-12(16)10-6-2-3-7-11(10)13(14)17/h2-3,6-7,12,15-16H,1,4-5,8-9H2. The number of hydrogen-bond acceptors (Lipinski definition) is 3. The van der Waals surface area contributed by atoms with Crippen LogP contribution in [0.2, 0.25) is 0 Å². The third kappa shape index (κ3) is 2.33. The van der Waals surface area contributed by atoms with Crippen LogP contribution < -0.4 is 0 Å². The molecule has 0 aromatic heterocycles. The minimum Gasteiger partial charge on any atom is -0.396 e. The lowest BCUT2D eigenvalue weighted by molar-refractivity contribution is 0.0169. The van der Waals surface area contributed by atoms with Gasteiger partial charge < -0.3 is 15.1 Å². The van der Waals surface area contributed by atoms with Crippen molar-refractivity contribution in [2.45, 2.75) is 25.5 Å². The summed E-state index contributed by atoms with van der Waals surface area (Å²) < 4.78 is 0. The van der Waals surface area contributed by atoms with Crippen molar-refractivity contribution in [3.8, 4) is 0 Å². The van der Waals surface area contributed by atoms with Gasteiger partial charge in [0.15, 0.2) is 6.23 Å². The molecule has 92 valence electrons. The Morgan fingerprint density at radius 3 is 2.65 bits per heavy atom. The van der Waals surface area contributed by atoms with Gasteiger partial charge >= 0.3 is 0 Å². The number of benzene rings is 1. The van der Waals surface area contributed by atoms with Crippen LogP contribution in [0, 0.1) is 0 Å². The van der Waals surface area contributed by atoms with Crippen LogP contribution in [0.25, 0.3) is 0 Å². The Morgan fingerprint density at radius 2 is 1.94 bits per heavy atom. The summed E-state index contributed by atoms with van der Waals surface area (Å²) in [5.41, 5.74) is 1.29. The summed E-state index contributed by atoms with van der Waals surface area (Å²) in [6.07, 6.45) is 1.60. The number of unbranched alkanes of at least 4 members (excludes halogenated alkanes) is 2. The molecule has 0 aliphatic carbocycles. The summed E-state index contributed by atoms with van der Waals surface area (Å²) in [5, 5.41) is 18.7. The zero-order valence-electron chi connectivity index (χ0n) is 9.67. The minimum absolute atomic E-state index is 0.0999. The Balaban J connectivity index is 2.00. The smallest absolute Gasteiger partial charge is 0.256 e. The van der Waals surface area contributed by atoms with Crippen molar-refractivity contribution in [1.82, 2.24) is 4.90 Å². The molecule has 0 radical (unpaired) electrons. The van der Waals surface area contributed by atoms with Crippen molar-refractivity contribution in [2.24, 2.45) is 0 Å². The maximum atomic E-state index is 12.0. The molecule has 2 rings (SSSR count). The fraction of sp³-hybridized carbons (Fsp3) is 0.462. The Labute approximate surface area is 100 Å². The van der Waals surface area contributed by atoms with E-state index in [2.05, 4.69) is 0 Å². The maximum Gasteiger partial charge on any atom is 0.256 e.